The zero-order valence-corrected chi connectivity index (χ0v) is 8.19. The molecule has 0 saturated carbocycles. The molecule has 0 aliphatic carbocycles. The van der Waals surface area contributed by atoms with E-state index in [4.69, 9.17) is 0 Å². The van der Waals surface area contributed by atoms with Crippen molar-refractivity contribution in [2.45, 2.75) is 19.9 Å². The lowest BCUT2D eigenvalue weighted by Crippen LogP contribution is -2.11. The minimum atomic E-state index is -0.220. The first kappa shape index (κ1) is 9.84. The van der Waals surface area contributed by atoms with Crippen molar-refractivity contribution in [3.8, 4) is 0 Å². The summed E-state index contributed by atoms with van der Waals surface area (Å²) in [5, 5.41) is 6.16. The normalized spacial score (nSPS) is 10.2. The standard InChI is InChI=1S/C10H15FN2/c1-7(2)13-10-6-8(11)4-5-9(10)12-3/h4-7,12-13H,1-3H3. The number of benzene rings is 1. The second kappa shape index (κ2) is 4.12. The van der Waals surface area contributed by atoms with Crippen molar-refractivity contribution >= 4 is 11.4 Å². The average molecular weight is 182 g/mol. The molecule has 0 aliphatic heterocycles. The molecule has 2 nitrogen and oxygen atoms in total. The zero-order valence-electron chi connectivity index (χ0n) is 8.19. The maximum Gasteiger partial charge on any atom is 0.125 e. The number of hydrogen-bond donors (Lipinski definition) is 2. The molecule has 0 atom stereocenters. The van der Waals surface area contributed by atoms with Gasteiger partial charge in [0, 0.05) is 13.1 Å². The van der Waals surface area contributed by atoms with Crippen molar-refractivity contribution < 1.29 is 4.39 Å². The Balaban J connectivity index is 2.94. The molecule has 0 radical (unpaired) electrons. The molecule has 1 aromatic carbocycles. The number of rotatable bonds is 3. The highest BCUT2D eigenvalue weighted by Gasteiger charge is 2.03. The Morgan fingerprint density at radius 3 is 2.46 bits per heavy atom. The fourth-order valence-corrected chi connectivity index (χ4v) is 1.16. The Hall–Kier alpha value is -1.25. The van der Waals surface area contributed by atoms with Gasteiger partial charge in [-0.15, -0.1) is 0 Å². The van der Waals surface area contributed by atoms with Crippen molar-refractivity contribution in [2.24, 2.45) is 0 Å². The lowest BCUT2D eigenvalue weighted by molar-refractivity contribution is 0.628. The van der Waals surface area contributed by atoms with Crippen molar-refractivity contribution in [1.29, 1.82) is 0 Å². The average Bonchev–Trinajstić information content (AvgIpc) is 2.03. The van der Waals surface area contributed by atoms with Crippen LogP contribution in [0.3, 0.4) is 0 Å². The first-order valence-electron chi connectivity index (χ1n) is 4.37. The third-order valence-electron chi connectivity index (χ3n) is 1.70. The third kappa shape index (κ3) is 2.61. The van der Waals surface area contributed by atoms with Crippen molar-refractivity contribution in [3.05, 3.63) is 24.0 Å². The lowest BCUT2D eigenvalue weighted by atomic mass is 10.2. The molecule has 0 aliphatic rings. The van der Waals surface area contributed by atoms with Gasteiger partial charge < -0.3 is 10.6 Å². The molecule has 0 unspecified atom stereocenters. The smallest absolute Gasteiger partial charge is 0.125 e. The van der Waals surface area contributed by atoms with Crippen LogP contribution in [0.1, 0.15) is 13.8 Å². The minimum absolute atomic E-state index is 0.220. The number of hydrogen-bond acceptors (Lipinski definition) is 2. The second-order valence-electron chi connectivity index (χ2n) is 3.24. The summed E-state index contributed by atoms with van der Waals surface area (Å²) in [4.78, 5) is 0. The summed E-state index contributed by atoms with van der Waals surface area (Å²) >= 11 is 0. The molecule has 72 valence electrons. The highest BCUT2D eigenvalue weighted by Crippen LogP contribution is 2.22. The fraction of sp³-hybridized carbons (Fsp3) is 0.400. The lowest BCUT2D eigenvalue weighted by Gasteiger charge is -2.14. The summed E-state index contributed by atoms with van der Waals surface area (Å²) in [5.41, 5.74) is 1.72. The first-order valence-corrected chi connectivity index (χ1v) is 4.37. The molecule has 0 bridgehead atoms. The van der Waals surface area contributed by atoms with Gasteiger partial charge in [0.2, 0.25) is 0 Å². The molecule has 3 heteroatoms. The largest absolute Gasteiger partial charge is 0.386 e. The molecule has 0 heterocycles. The van der Waals surface area contributed by atoms with Gasteiger partial charge in [0.1, 0.15) is 5.82 Å². The second-order valence-corrected chi connectivity index (χ2v) is 3.24. The van der Waals surface area contributed by atoms with E-state index in [0.29, 0.717) is 6.04 Å². The fourth-order valence-electron chi connectivity index (χ4n) is 1.16. The van der Waals surface area contributed by atoms with Crippen LogP contribution in [0.2, 0.25) is 0 Å². The maximum atomic E-state index is 12.9. The van der Waals surface area contributed by atoms with Gasteiger partial charge in [0.25, 0.3) is 0 Å². The van der Waals surface area contributed by atoms with Crippen molar-refractivity contribution in [1.82, 2.24) is 0 Å². The quantitative estimate of drug-likeness (QED) is 0.751. The molecule has 2 N–H and O–H groups in total. The monoisotopic (exact) mass is 182 g/mol. The van der Waals surface area contributed by atoms with Crippen LogP contribution < -0.4 is 10.6 Å². The van der Waals surface area contributed by atoms with E-state index in [0.717, 1.165) is 11.4 Å². The predicted octanol–water partition coefficient (Wildman–Crippen LogP) is 2.69. The van der Waals surface area contributed by atoms with Gasteiger partial charge in [-0.1, -0.05) is 0 Å². The van der Waals surface area contributed by atoms with Crippen LogP contribution in [0.5, 0.6) is 0 Å². The Morgan fingerprint density at radius 2 is 1.92 bits per heavy atom. The van der Waals surface area contributed by atoms with Crippen LogP contribution in [0.4, 0.5) is 15.8 Å². The van der Waals surface area contributed by atoms with E-state index >= 15 is 0 Å². The molecule has 13 heavy (non-hydrogen) atoms. The van der Waals surface area contributed by atoms with Crippen LogP contribution in [0, 0.1) is 5.82 Å². The van der Waals surface area contributed by atoms with Gasteiger partial charge in [-0.05, 0) is 32.0 Å². The number of anilines is 2. The topological polar surface area (TPSA) is 24.1 Å². The van der Waals surface area contributed by atoms with E-state index in [2.05, 4.69) is 10.6 Å². The third-order valence-corrected chi connectivity index (χ3v) is 1.70. The van der Waals surface area contributed by atoms with Crippen molar-refractivity contribution in [2.75, 3.05) is 17.7 Å². The molecule has 0 aromatic heterocycles. The number of halogens is 1. The Morgan fingerprint density at radius 1 is 1.23 bits per heavy atom. The van der Waals surface area contributed by atoms with Gasteiger partial charge in [-0.3, -0.25) is 0 Å². The van der Waals surface area contributed by atoms with Crippen LogP contribution >= 0.6 is 0 Å². The highest BCUT2D eigenvalue weighted by atomic mass is 19.1. The van der Waals surface area contributed by atoms with Crippen LogP contribution in [0.15, 0.2) is 18.2 Å². The van der Waals surface area contributed by atoms with Gasteiger partial charge in [0.05, 0.1) is 11.4 Å². The van der Waals surface area contributed by atoms with Gasteiger partial charge in [-0.2, -0.15) is 0 Å². The molecule has 0 spiro atoms. The molecule has 1 rings (SSSR count). The maximum absolute atomic E-state index is 12.9. The SMILES string of the molecule is CNc1ccc(F)cc1NC(C)C. The van der Waals surface area contributed by atoms with E-state index in [1.165, 1.54) is 12.1 Å². The van der Waals surface area contributed by atoms with E-state index in [9.17, 15) is 4.39 Å². The van der Waals surface area contributed by atoms with Crippen LogP contribution in [0.25, 0.3) is 0 Å². The molecule has 1 aromatic rings. The van der Waals surface area contributed by atoms with Crippen molar-refractivity contribution in [3.63, 3.8) is 0 Å². The summed E-state index contributed by atoms with van der Waals surface area (Å²) in [6.45, 7) is 4.04. The predicted molar refractivity (Wildman–Crippen MR) is 54.7 cm³/mol. The summed E-state index contributed by atoms with van der Waals surface area (Å²) in [6.07, 6.45) is 0. The van der Waals surface area contributed by atoms with E-state index in [-0.39, 0.29) is 5.82 Å². The number of nitrogens with one attached hydrogen (secondary N) is 2. The summed E-state index contributed by atoms with van der Waals surface area (Å²) in [7, 11) is 1.82. The molecule has 0 saturated heterocycles. The van der Waals surface area contributed by atoms with E-state index in [1.807, 2.05) is 20.9 Å². The highest BCUT2D eigenvalue weighted by molar-refractivity contribution is 5.68. The Kier molecular flexibility index (Phi) is 3.12. The summed E-state index contributed by atoms with van der Waals surface area (Å²) in [6, 6.07) is 4.96. The molecule has 0 amide bonds. The van der Waals surface area contributed by atoms with Crippen LogP contribution in [-0.4, -0.2) is 13.1 Å². The molecular formula is C10H15FN2. The zero-order chi connectivity index (χ0) is 9.84. The minimum Gasteiger partial charge on any atom is -0.386 e. The summed E-state index contributed by atoms with van der Waals surface area (Å²) in [5.74, 6) is -0.220. The Bertz CT molecular complexity index is 284. The van der Waals surface area contributed by atoms with Gasteiger partial charge in [-0.25, -0.2) is 4.39 Å². The first-order chi connectivity index (χ1) is 6.13. The van der Waals surface area contributed by atoms with Crippen LogP contribution in [-0.2, 0) is 0 Å². The van der Waals surface area contributed by atoms with Gasteiger partial charge >= 0.3 is 0 Å². The molecular weight excluding hydrogens is 167 g/mol. The molecule has 0 fully saturated rings. The van der Waals surface area contributed by atoms with Gasteiger partial charge in [0.15, 0.2) is 0 Å². The van der Waals surface area contributed by atoms with E-state index < -0.39 is 0 Å². The van der Waals surface area contributed by atoms with E-state index in [1.54, 1.807) is 6.07 Å². The Labute approximate surface area is 78.2 Å². The summed E-state index contributed by atoms with van der Waals surface area (Å²) < 4.78 is 12.9.